The summed E-state index contributed by atoms with van der Waals surface area (Å²) in [7, 11) is 0. The van der Waals surface area contributed by atoms with Crippen molar-refractivity contribution in [1.82, 2.24) is 21.2 Å². The van der Waals surface area contributed by atoms with E-state index in [2.05, 4.69) is 37.1 Å². The fraction of sp³-hybridized carbons (Fsp3) is 0.333. The Bertz CT molecular complexity index is 365. The van der Waals surface area contributed by atoms with Crippen molar-refractivity contribution in [3.8, 4) is 0 Å². The fourth-order valence-electron chi connectivity index (χ4n) is 1.37. The molecule has 0 spiro atoms. The molecule has 5 nitrogen and oxygen atoms in total. The summed E-state index contributed by atoms with van der Waals surface area (Å²) in [4.78, 5) is 15.8. The van der Waals surface area contributed by atoms with Crippen LogP contribution in [0.4, 0.5) is 0 Å². The minimum Gasteiger partial charge on any atom is -0.334 e. The van der Waals surface area contributed by atoms with E-state index >= 15 is 0 Å². The molecule has 1 aliphatic rings. The van der Waals surface area contributed by atoms with Gasteiger partial charge in [0.2, 0.25) is 0 Å². The number of carbonyl (C=O) groups excluding carboxylic acids is 1. The number of hydrogen-bond acceptors (Lipinski definition) is 4. The van der Waals surface area contributed by atoms with Crippen LogP contribution in [0, 0.1) is 0 Å². The van der Waals surface area contributed by atoms with Crippen LogP contribution in [0.2, 0.25) is 0 Å². The molecule has 0 aliphatic carbocycles. The predicted molar refractivity (Wildman–Crippen MR) is 58.9 cm³/mol. The lowest BCUT2D eigenvalue weighted by Crippen LogP contribution is -2.44. The molecule has 1 aromatic heterocycles. The van der Waals surface area contributed by atoms with Gasteiger partial charge in [-0.25, -0.2) is 10.4 Å². The van der Waals surface area contributed by atoms with Gasteiger partial charge in [-0.15, -0.1) is 0 Å². The van der Waals surface area contributed by atoms with Crippen molar-refractivity contribution in [3.05, 3.63) is 28.5 Å². The summed E-state index contributed by atoms with van der Waals surface area (Å²) in [6.45, 7) is 0.855. The highest BCUT2D eigenvalue weighted by Gasteiger charge is 2.18. The molecule has 1 unspecified atom stereocenters. The molecule has 0 saturated carbocycles. The van der Waals surface area contributed by atoms with E-state index in [0.717, 1.165) is 13.0 Å². The Hall–Kier alpha value is -0.980. The molecule has 1 saturated heterocycles. The average molecular weight is 271 g/mol. The maximum atomic E-state index is 11.8. The van der Waals surface area contributed by atoms with Gasteiger partial charge in [-0.05, 0) is 34.5 Å². The van der Waals surface area contributed by atoms with Crippen LogP contribution in [-0.4, -0.2) is 23.6 Å². The van der Waals surface area contributed by atoms with Gasteiger partial charge in [0.15, 0.2) is 0 Å². The molecule has 1 aromatic rings. The number of aromatic nitrogens is 1. The largest absolute Gasteiger partial charge is 0.334 e. The van der Waals surface area contributed by atoms with E-state index in [0.29, 0.717) is 10.2 Å². The second-order valence-electron chi connectivity index (χ2n) is 3.22. The molecule has 0 radical (unpaired) electrons. The summed E-state index contributed by atoms with van der Waals surface area (Å²) in [5.74, 6) is -0.177. The third-order valence-corrected chi connectivity index (χ3v) is 2.75. The first-order valence-electron chi connectivity index (χ1n) is 4.67. The van der Waals surface area contributed by atoms with Gasteiger partial charge in [0.25, 0.3) is 5.91 Å². The first kappa shape index (κ1) is 10.5. The first-order valence-corrected chi connectivity index (χ1v) is 5.46. The van der Waals surface area contributed by atoms with Crippen LogP contribution in [0.3, 0.4) is 0 Å². The Morgan fingerprint density at radius 1 is 1.67 bits per heavy atom. The number of halogens is 1. The quantitative estimate of drug-likeness (QED) is 0.728. The number of nitrogens with zero attached hydrogens (tertiary/aromatic N) is 1. The summed E-state index contributed by atoms with van der Waals surface area (Å²) in [6, 6.07) is 3.57. The number of hydrazine groups is 1. The number of amides is 1. The molecule has 80 valence electrons. The number of hydrogen-bond donors (Lipinski definition) is 3. The average Bonchev–Trinajstić information content (AvgIpc) is 2.71. The third kappa shape index (κ3) is 2.53. The molecule has 1 aliphatic heterocycles. The van der Waals surface area contributed by atoms with Crippen LogP contribution in [0.15, 0.2) is 22.8 Å². The van der Waals surface area contributed by atoms with Crippen LogP contribution in [0.1, 0.15) is 16.9 Å². The molecular weight excluding hydrogens is 260 g/mol. The van der Waals surface area contributed by atoms with Gasteiger partial charge in [-0.1, -0.05) is 0 Å². The Labute approximate surface area is 95.8 Å². The lowest BCUT2D eigenvalue weighted by atomic mass is 10.3. The van der Waals surface area contributed by atoms with Crippen molar-refractivity contribution in [2.24, 2.45) is 0 Å². The maximum absolute atomic E-state index is 11.8. The summed E-state index contributed by atoms with van der Waals surface area (Å²) in [5.41, 5.74) is 6.31. The normalized spacial score (nSPS) is 20.2. The van der Waals surface area contributed by atoms with E-state index in [1.807, 2.05) is 0 Å². The summed E-state index contributed by atoms with van der Waals surface area (Å²) in [6.07, 6.45) is 2.45. The molecule has 3 N–H and O–H groups in total. The van der Waals surface area contributed by atoms with E-state index in [-0.39, 0.29) is 12.1 Å². The van der Waals surface area contributed by atoms with Crippen molar-refractivity contribution in [3.63, 3.8) is 0 Å². The van der Waals surface area contributed by atoms with Crippen molar-refractivity contribution >= 4 is 21.8 Å². The van der Waals surface area contributed by atoms with Crippen LogP contribution in [0.5, 0.6) is 0 Å². The Kier molecular flexibility index (Phi) is 3.30. The smallest absolute Gasteiger partial charge is 0.272 e. The highest BCUT2D eigenvalue weighted by atomic mass is 79.9. The topological polar surface area (TPSA) is 66.1 Å². The predicted octanol–water partition coefficient (Wildman–Crippen LogP) is 0.398. The lowest BCUT2D eigenvalue weighted by molar-refractivity contribution is 0.0926. The second-order valence-corrected chi connectivity index (χ2v) is 4.07. The van der Waals surface area contributed by atoms with Gasteiger partial charge in [-0.2, -0.15) is 0 Å². The minimum atomic E-state index is -0.177. The molecule has 0 bridgehead atoms. The Morgan fingerprint density at radius 3 is 3.20 bits per heavy atom. The number of nitrogens with one attached hydrogen (secondary N) is 3. The summed E-state index contributed by atoms with van der Waals surface area (Å²) in [5, 5.41) is 2.83. The van der Waals surface area contributed by atoms with E-state index in [1.54, 1.807) is 18.3 Å². The van der Waals surface area contributed by atoms with Gasteiger partial charge in [-0.3, -0.25) is 10.2 Å². The van der Waals surface area contributed by atoms with E-state index in [9.17, 15) is 4.79 Å². The first-order chi connectivity index (χ1) is 7.27. The van der Waals surface area contributed by atoms with E-state index in [4.69, 9.17) is 0 Å². The zero-order valence-corrected chi connectivity index (χ0v) is 9.54. The summed E-state index contributed by atoms with van der Waals surface area (Å²) >= 11 is 3.29. The van der Waals surface area contributed by atoms with Gasteiger partial charge in [0.1, 0.15) is 5.69 Å². The molecular formula is C9H11BrN4O. The Balaban J connectivity index is 2.04. The van der Waals surface area contributed by atoms with E-state index < -0.39 is 0 Å². The van der Waals surface area contributed by atoms with Crippen molar-refractivity contribution in [2.45, 2.75) is 12.6 Å². The third-order valence-electron chi connectivity index (χ3n) is 2.11. The number of carbonyl (C=O) groups is 1. The second kappa shape index (κ2) is 4.69. The van der Waals surface area contributed by atoms with Crippen LogP contribution in [-0.2, 0) is 0 Å². The zero-order valence-electron chi connectivity index (χ0n) is 7.96. The Morgan fingerprint density at radius 2 is 2.53 bits per heavy atom. The van der Waals surface area contributed by atoms with Gasteiger partial charge >= 0.3 is 0 Å². The fourth-order valence-corrected chi connectivity index (χ4v) is 1.81. The molecule has 2 rings (SSSR count). The monoisotopic (exact) mass is 270 g/mol. The van der Waals surface area contributed by atoms with Gasteiger partial charge in [0, 0.05) is 17.2 Å². The van der Waals surface area contributed by atoms with Crippen molar-refractivity contribution in [2.75, 3.05) is 6.54 Å². The van der Waals surface area contributed by atoms with Crippen LogP contribution in [0.25, 0.3) is 0 Å². The standard InChI is InChI=1S/C9H11BrN4O/c10-6-2-1-4-11-8(6)9(15)13-7-3-5-12-14-7/h1-2,4,7,12,14H,3,5H2,(H,13,15). The number of rotatable bonds is 2. The number of pyridine rings is 1. The summed E-state index contributed by atoms with van der Waals surface area (Å²) < 4.78 is 0.702. The van der Waals surface area contributed by atoms with Crippen molar-refractivity contribution < 1.29 is 4.79 Å². The minimum absolute atomic E-state index is 0.0218. The highest BCUT2D eigenvalue weighted by molar-refractivity contribution is 9.10. The molecule has 6 heteroatoms. The van der Waals surface area contributed by atoms with Crippen LogP contribution < -0.4 is 16.2 Å². The van der Waals surface area contributed by atoms with Gasteiger partial charge < -0.3 is 5.32 Å². The van der Waals surface area contributed by atoms with Crippen molar-refractivity contribution in [1.29, 1.82) is 0 Å². The highest BCUT2D eigenvalue weighted by Crippen LogP contribution is 2.13. The molecule has 2 heterocycles. The molecule has 1 amide bonds. The molecule has 15 heavy (non-hydrogen) atoms. The van der Waals surface area contributed by atoms with E-state index in [1.165, 1.54) is 0 Å². The lowest BCUT2D eigenvalue weighted by Gasteiger charge is -2.11. The van der Waals surface area contributed by atoms with Crippen LogP contribution >= 0.6 is 15.9 Å². The molecule has 1 atom stereocenters. The molecule has 0 aromatic carbocycles. The maximum Gasteiger partial charge on any atom is 0.272 e. The SMILES string of the molecule is O=C(NC1CCNN1)c1ncccc1Br. The molecule has 1 fully saturated rings. The zero-order chi connectivity index (χ0) is 10.7. The van der Waals surface area contributed by atoms with Gasteiger partial charge in [0.05, 0.1) is 6.17 Å².